The molecule has 3 aromatic carbocycles. The quantitative estimate of drug-likeness (QED) is 0.520. The van der Waals surface area contributed by atoms with Crippen LogP contribution in [0.5, 0.6) is 5.75 Å². The number of nitrogens with one attached hydrogen (secondary N) is 1. The number of hydrogen-bond acceptors (Lipinski definition) is 4. The second kappa shape index (κ2) is 8.21. The van der Waals surface area contributed by atoms with Gasteiger partial charge in [0.05, 0.1) is 18.9 Å². The molecule has 150 valence electrons. The van der Waals surface area contributed by atoms with Crippen LogP contribution in [0.3, 0.4) is 0 Å². The van der Waals surface area contributed by atoms with Gasteiger partial charge in [0.1, 0.15) is 22.9 Å². The molecule has 0 aliphatic rings. The number of carbonyl (C=O) groups is 1. The normalized spacial score (nSPS) is 10.7. The van der Waals surface area contributed by atoms with Gasteiger partial charge in [-0.15, -0.1) is 0 Å². The van der Waals surface area contributed by atoms with Crippen molar-refractivity contribution < 1.29 is 18.3 Å². The fourth-order valence-electron chi connectivity index (χ4n) is 3.12. The molecule has 0 aliphatic carbocycles. The maximum Gasteiger partial charge on any atom is 0.228 e. The number of rotatable bonds is 5. The molecule has 30 heavy (non-hydrogen) atoms. The van der Waals surface area contributed by atoms with Crippen molar-refractivity contribution in [2.75, 3.05) is 12.4 Å². The van der Waals surface area contributed by atoms with Gasteiger partial charge >= 0.3 is 0 Å². The summed E-state index contributed by atoms with van der Waals surface area (Å²) in [4.78, 5) is 24.6. The zero-order valence-electron chi connectivity index (χ0n) is 16.1. The average molecular weight is 403 g/mol. The molecule has 0 aliphatic heterocycles. The molecule has 0 radical (unpaired) electrons. The first kappa shape index (κ1) is 19.4. The van der Waals surface area contributed by atoms with Crippen molar-refractivity contribution in [3.05, 3.63) is 94.4 Å². The minimum Gasteiger partial charge on any atom is -0.497 e. The van der Waals surface area contributed by atoms with Gasteiger partial charge in [0.15, 0.2) is 5.43 Å². The van der Waals surface area contributed by atoms with Crippen LogP contribution in [0.1, 0.15) is 5.56 Å². The summed E-state index contributed by atoms with van der Waals surface area (Å²) < 4.78 is 24.0. The van der Waals surface area contributed by atoms with Crippen LogP contribution in [0, 0.1) is 5.82 Å². The number of methoxy groups -OCH3 is 1. The summed E-state index contributed by atoms with van der Waals surface area (Å²) in [5, 5.41) is 3.25. The summed E-state index contributed by atoms with van der Waals surface area (Å²) >= 11 is 0. The second-order valence-electron chi connectivity index (χ2n) is 6.77. The number of fused-ring (bicyclic) bond motifs is 1. The minimum atomic E-state index is -0.339. The number of benzene rings is 3. The van der Waals surface area contributed by atoms with Crippen molar-refractivity contribution in [1.82, 2.24) is 0 Å². The third-order valence-corrected chi connectivity index (χ3v) is 4.67. The van der Waals surface area contributed by atoms with Crippen molar-refractivity contribution >= 4 is 22.6 Å². The van der Waals surface area contributed by atoms with Crippen LogP contribution >= 0.6 is 0 Å². The second-order valence-corrected chi connectivity index (χ2v) is 6.77. The Labute approximate surface area is 171 Å². The Morgan fingerprint density at radius 2 is 1.73 bits per heavy atom. The van der Waals surface area contributed by atoms with Gasteiger partial charge in [-0.05, 0) is 60.2 Å². The molecule has 0 spiro atoms. The number of ether oxygens (including phenoxy) is 1. The van der Waals surface area contributed by atoms with E-state index in [1.165, 1.54) is 25.3 Å². The van der Waals surface area contributed by atoms with Crippen molar-refractivity contribution in [2.24, 2.45) is 0 Å². The topological polar surface area (TPSA) is 68.5 Å². The van der Waals surface area contributed by atoms with E-state index in [0.29, 0.717) is 33.7 Å². The van der Waals surface area contributed by atoms with Crippen LogP contribution in [0.2, 0.25) is 0 Å². The fraction of sp³-hybridized carbons (Fsp3) is 0.0833. The summed E-state index contributed by atoms with van der Waals surface area (Å²) in [6, 6.07) is 19.3. The van der Waals surface area contributed by atoms with Crippen LogP contribution in [0.4, 0.5) is 10.1 Å². The Morgan fingerprint density at radius 1 is 1.00 bits per heavy atom. The smallest absolute Gasteiger partial charge is 0.228 e. The zero-order chi connectivity index (χ0) is 21.1. The van der Waals surface area contributed by atoms with E-state index >= 15 is 0 Å². The zero-order valence-corrected chi connectivity index (χ0v) is 16.1. The van der Waals surface area contributed by atoms with Crippen molar-refractivity contribution in [2.45, 2.75) is 6.42 Å². The Hall–Kier alpha value is -3.93. The van der Waals surface area contributed by atoms with E-state index in [0.717, 1.165) is 5.56 Å². The van der Waals surface area contributed by atoms with E-state index in [2.05, 4.69) is 5.32 Å². The molecule has 0 fully saturated rings. The average Bonchev–Trinajstić information content (AvgIpc) is 2.75. The number of carbonyl (C=O) groups excluding carboxylic acids is 1. The minimum absolute atomic E-state index is 0.144. The molecule has 4 aromatic rings. The SMILES string of the molecule is COc1ccc2oc(-c3ccc(NC(=O)Cc4ccc(F)cc4)cc3)cc(=O)c2c1. The third-order valence-electron chi connectivity index (χ3n) is 4.67. The molecule has 1 heterocycles. The molecule has 1 amide bonds. The van der Waals surface area contributed by atoms with E-state index in [1.54, 1.807) is 54.6 Å². The molecular weight excluding hydrogens is 385 g/mol. The molecule has 0 saturated heterocycles. The van der Waals surface area contributed by atoms with Crippen LogP contribution in [0.25, 0.3) is 22.3 Å². The van der Waals surface area contributed by atoms with Gasteiger partial charge in [0.2, 0.25) is 5.91 Å². The third kappa shape index (κ3) is 4.22. The van der Waals surface area contributed by atoms with Gasteiger partial charge in [-0.1, -0.05) is 12.1 Å². The number of halogens is 1. The van der Waals surface area contributed by atoms with Crippen LogP contribution in [-0.4, -0.2) is 13.0 Å². The number of anilines is 1. The van der Waals surface area contributed by atoms with E-state index < -0.39 is 0 Å². The largest absolute Gasteiger partial charge is 0.497 e. The van der Waals surface area contributed by atoms with Gasteiger partial charge in [0, 0.05) is 17.3 Å². The summed E-state index contributed by atoms with van der Waals surface area (Å²) in [6.07, 6.45) is 0.144. The van der Waals surface area contributed by atoms with Gasteiger partial charge in [-0.3, -0.25) is 9.59 Å². The number of hydrogen-bond donors (Lipinski definition) is 1. The molecule has 0 atom stereocenters. The molecule has 0 bridgehead atoms. The van der Waals surface area contributed by atoms with Crippen LogP contribution < -0.4 is 15.5 Å². The molecule has 1 N–H and O–H groups in total. The summed E-state index contributed by atoms with van der Waals surface area (Å²) in [6.45, 7) is 0. The highest BCUT2D eigenvalue weighted by atomic mass is 19.1. The molecule has 0 unspecified atom stereocenters. The summed E-state index contributed by atoms with van der Waals surface area (Å²) in [5.41, 5.74) is 2.34. The van der Waals surface area contributed by atoms with E-state index in [-0.39, 0.29) is 23.6 Å². The van der Waals surface area contributed by atoms with Crippen molar-refractivity contribution in [1.29, 1.82) is 0 Å². The van der Waals surface area contributed by atoms with Crippen LogP contribution in [0.15, 0.2) is 82.0 Å². The summed E-state index contributed by atoms with van der Waals surface area (Å²) in [7, 11) is 1.54. The molecule has 6 heteroatoms. The van der Waals surface area contributed by atoms with E-state index in [4.69, 9.17) is 9.15 Å². The Balaban J connectivity index is 1.51. The van der Waals surface area contributed by atoms with Gasteiger partial charge < -0.3 is 14.5 Å². The predicted molar refractivity (Wildman–Crippen MR) is 113 cm³/mol. The number of amides is 1. The van der Waals surface area contributed by atoms with Gasteiger partial charge in [-0.2, -0.15) is 0 Å². The highest BCUT2D eigenvalue weighted by Crippen LogP contribution is 2.25. The van der Waals surface area contributed by atoms with E-state index in [9.17, 15) is 14.0 Å². The van der Waals surface area contributed by atoms with Crippen LogP contribution in [-0.2, 0) is 11.2 Å². The first-order valence-electron chi connectivity index (χ1n) is 9.28. The lowest BCUT2D eigenvalue weighted by atomic mass is 10.1. The molecule has 5 nitrogen and oxygen atoms in total. The maximum absolute atomic E-state index is 13.0. The lowest BCUT2D eigenvalue weighted by Crippen LogP contribution is -2.14. The highest BCUT2D eigenvalue weighted by Gasteiger charge is 2.09. The molecular formula is C24H18FNO4. The predicted octanol–water partition coefficient (Wildman–Crippen LogP) is 4.79. The highest BCUT2D eigenvalue weighted by molar-refractivity contribution is 5.92. The molecule has 0 saturated carbocycles. The standard InChI is InChI=1S/C24H18FNO4/c1-29-19-10-11-22-20(13-19)21(27)14-23(30-22)16-4-8-18(9-5-16)26-24(28)12-15-2-6-17(25)7-3-15/h2-11,13-14H,12H2,1H3,(H,26,28). The maximum atomic E-state index is 13.0. The monoisotopic (exact) mass is 403 g/mol. The van der Waals surface area contributed by atoms with E-state index in [1.807, 2.05) is 0 Å². The summed E-state index contributed by atoms with van der Waals surface area (Å²) in [5.74, 6) is 0.472. The van der Waals surface area contributed by atoms with Gasteiger partial charge in [-0.25, -0.2) is 4.39 Å². The van der Waals surface area contributed by atoms with Crippen molar-refractivity contribution in [3.8, 4) is 17.1 Å². The Kier molecular flexibility index (Phi) is 5.30. The fourth-order valence-corrected chi connectivity index (χ4v) is 3.12. The Morgan fingerprint density at radius 3 is 2.43 bits per heavy atom. The lowest BCUT2D eigenvalue weighted by molar-refractivity contribution is -0.115. The Bertz CT molecular complexity index is 1260. The van der Waals surface area contributed by atoms with Gasteiger partial charge in [0.25, 0.3) is 0 Å². The lowest BCUT2D eigenvalue weighted by Gasteiger charge is -2.08. The molecule has 4 rings (SSSR count). The first-order chi connectivity index (χ1) is 14.5. The van der Waals surface area contributed by atoms with Crippen molar-refractivity contribution in [3.63, 3.8) is 0 Å². The molecule has 1 aromatic heterocycles. The first-order valence-corrected chi connectivity index (χ1v) is 9.28.